The number of nitrogens with one attached hydrogen (secondary N) is 1. The minimum absolute atomic E-state index is 0.114. The van der Waals surface area contributed by atoms with Gasteiger partial charge in [0.05, 0.1) is 4.91 Å². The van der Waals surface area contributed by atoms with E-state index < -0.39 is 0 Å². The summed E-state index contributed by atoms with van der Waals surface area (Å²) in [7, 11) is 0. The van der Waals surface area contributed by atoms with E-state index in [1.54, 1.807) is 0 Å². The smallest absolute Gasteiger partial charge is 0.263 e. The van der Waals surface area contributed by atoms with Crippen LogP contribution >= 0.6 is 24.0 Å². The number of thioether (sulfide) groups is 1. The molecule has 0 aromatic heterocycles. The molecule has 86 valence electrons. The van der Waals surface area contributed by atoms with Crippen molar-refractivity contribution in [2.45, 2.75) is 6.92 Å². The normalized spacial score (nSPS) is 18.6. The Labute approximate surface area is 110 Å². The molecule has 1 aromatic rings. The van der Waals surface area contributed by atoms with Crippen molar-refractivity contribution < 1.29 is 4.79 Å². The molecule has 4 heteroatoms. The molecule has 2 rings (SSSR count). The highest BCUT2D eigenvalue weighted by molar-refractivity contribution is 8.26. The molecule has 0 aliphatic carbocycles. The molecule has 2 nitrogen and oxygen atoms in total. The molecule has 1 aromatic carbocycles. The fourth-order valence-electron chi connectivity index (χ4n) is 1.43. The summed E-state index contributed by atoms with van der Waals surface area (Å²) in [5, 5.41) is 2.59. The molecule has 1 heterocycles. The van der Waals surface area contributed by atoms with Crippen LogP contribution < -0.4 is 5.32 Å². The molecule has 1 aliphatic heterocycles. The van der Waals surface area contributed by atoms with Crippen LogP contribution in [0.4, 0.5) is 0 Å². The van der Waals surface area contributed by atoms with E-state index in [-0.39, 0.29) is 5.91 Å². The van der Waals surface area contributed by atoms with E-state index in [0.29, 0.717) is 9.23 Å². The number of amides is 1. The van der Waals surface area contributed by atoms with Gasteiger partial charge < -0.3 is 5.32 Å². The summed E-state index contributed by atoms with van der Waals surface area (Å²) in [6.07, 6.45) is 3.74. The van der Waals surface area contributed by atoms with Crippen molar-refractivity contribution in [1.82, 2.24) is 5.32 Å². The van der Waals surface area contributed by atoms with Gasteiger partial charge in [0, 0.05) is 0 Å². The van der Waals surface area contributed by atoms with Crippen LogP contribution in [-0.4, -0.2) is 10.2 Å². The first-order valence-electron chi connectivity index (χ1n) is 5.14. The molecule has 0 atom stereocenters. The maximum atomic E-state index is 11.4. The predicted octanol–water partition coefficient (Wildman–Crippen LogP) is 3.12. The summed E-state index contributed by atoms with van der Waals surface area (Å²) < 4.78 is 0.520. The summed E-state index contributed by atoms with van der Waals surface area (Å²) in [6, 6.07) is 10.0. The molecule has 1 fully saturated rings. The third-order valence-electron chi connectivity index (χ3n) is 2.36. The van der Waals surface area contributed by atoms with Crippen molar-refractivity contribution in [3.05, 3.63) is 53.0 Å². The molecule has 1 N–H and O–H groups in total. The highest BCUT2D eigenvalue weighted by atomic mass is 32.2. The van der Waals surface area contributed by atoms with E-state index in [9.17, 15) is 4.79 Å². The minimum atomic E-state index is -0.114. The lowest BCUT2D eigenvalue weighted by Crippen LogP contribution is -2.17. The Morgan fingerprint density at radius 2 is 2.06 bits per heavy atom. The molecular weight excluding hydrogens is 250 g/mol. The lowest BCUT2D eigenvalue weighted by atomic mass is 10.1. The summed E-state index contributed by atoms with van der Waals surface area (Å²) in [5.41, 5.74) is 2.26. The molecule has 17 heavy (non-hydrogen) atoms. The minimum Gasteiger partial charge on any atom is -0.307 e. The lowest BCUT2D eigenvalue weighted by Gasteiger charge is -1.98. The van der Waals surface area contributed by atoms with Gasteiger partial charge in [-0.2, -0.15) is 0 Å². The molecular formula is C13H11NOS2. The monoisotopic (exact) mass is 261 g/mol. The van der Waals surface area contributed by atoms with Crippen molar-refractivity contribution in [1.29, 1.82) is 0 Å². The van der Waals surface area contributed by atoms with Crippen LogP contribution in [0.1, 0.15) is 12.5 Å². The largest absolute Gasteiger partial charge is 0.307 e. The zero-order chi connectivity index (χ0) is 12.3. The van der Waals surface area contributed by atoms with E-state index in [0.717, 1.165) is 11.1 Å². The van der Waals surface area contributed by atoms with E-state index in [4.69, 9.17) is 12.2 Å². The number of carbonyl (C=O) groups excluding carboxylic acids is 1. The van der Waals surface area contributed by atoms with Gasteiger partial charge in [-0.25, -0.2) is 0 Å². The first kappa shape index (κ1) is 12.1. The molecule has 0 unspecified atom stereocenters. The fourth-order valence-corrected chi connectivity index (χ4v) is 2.42. The summed E-state index contributed by atoms with van der Waals surface area (Å²) >= 11 is 6.21. The number of hydrogen-bond acceptors (Lipinski definition) is 3. The van der Waals surface area contributed by atoms with Gasteiger partial charge in [-0.15, -0.1) is 0 Å². The molecule has 1 amide bonds. The van der Waals surface area contributed by atoms with Gasteiger partial charge in [0.25, 0.3) is 5.91 Å². The molecule has 1 saturated heterocycles. The number of rotatable bonds is 2. The van der Waals surface area contributed by atoms with Gasteiger partial charge in [0.2, 0.25) is 0 Å². The Morgan fingerprint density at radius 1 is 1.35 bits per heavy atom. The van der Waals surface area contributed by atoms with Crippen LogP contribution in [0.5, 0.6) is 0 Å². The van der Waals surface area contributed by atoms with Crippen LogP contribution in [0.15, 0.2) is 47.4 Å². The van der Waals surface area contributed by atoms with E-state index in [2.05, 4.69) is 5.32 Å². The predicted molar refractivity (Wildman–Crippen MR) is 76.5 cm³/mol. The molecule has 0 bridgehead atoms. The zero-order valence-electron chi connectivity index (χ0n) is 9.27. The van der Waals surface area contributed by atoms with Gasteiger partial charge >= 0.3 is 0 Å². The Kier molecular flexibility index (Phi) is 3.76. The van der Waals surface area contributed by atoms with Crippen molar-refractivity contribution in [2.75, 3.05) is 0 Å². The maximum Gasteiger partial charge on any atom is 0.263 e. The van der Waals surface area contributed by atoms with Gasteiger partial charge in [-0.1, -0.05) is 60.4 Å². The van der Waals surface area contributed by atoms with Gasteiger partial charge in [0.1, 0.15) is 4.32 Å². The Bertz CT molecular complexity index is 517. The number of hydrogen-bond donors (Lipinski definition) is 1. The summed E-state index contributed by atoms with van der Waals surface area (Å²) in [6.45, 7) is 2.02. The number of benzene rings is 1. The molecule has 0 radical (unpaired) electrons. The summed E-state index contributed by atoms with van der Waals surface area (Å²) in [4.78, 5) is 12.1. The second kappa shape index (κ2) is 5.29. The van der Waals surface area contributed by atoms with Gasteiger partial charge in [-0.3, -0.25) is 4.79 Å². The van der Waals surface area contributed by atoms with Crippen LogP contribution in [-0.2, 0) is 4.79 Å². The van der Waals surface area contributed by atoms with Crippen molar-refractivity contribution in [3.8, 4) is 0 Å². The molecule has 1 aliphatic rings. The van der Waals surface area contributed by atoms with Crippen LogP contribution in [0, 0.1) is 0 Å². The second-order valence-electron chi connectivity index (χ2n) is 3.59. The Morgan fingerprint density at radius 3 is 2.65 bits per heavy atom. The first-order valence-corrected chi connectivity index (χ1v) is 6.36. The number of allylic oxidation sites excluding steroid dienone is 3. The quantitative estimate of drug-likeness (QED) is 0.655. The van der Waals surface area contributed by atoms with Crippen LogP contribution in [0.25, 0.3) is 5.57 Å². The highest BCUT2D eigenvalue weighted by Crippen LogP contribution is 2.24. The van der Waals surface area contributed by atoms with Crippen LogP contribution in [0.2, 0.25) is 0 Å². The second-order valence-corrected chi connectivity index (χ2v) is 5.31. The van der Waals surface area contributed by atoms with E-state index >= 15 is 0 Å². The maximum absolute atomic E-state index is 11.4. The summed E-state index contributed by atoms with van der Waals surface area (Å²) in [5.74, 6) is -0.114. The van der Waals surface area contributed by atoms with Crippen LogP contribution in [0.3, 0.4) is 0 Å². The standard InChI is InChI=1S/C13H11NOS2/c1-9(10-5-3-2-4-6-10)7-8-11-12(15)14-13(16)17-11/h2-8H,1H3,(H,14,15,16). The average molecular weight is 261 g/mol. The third-order valence-corrected chi connectivity index (χ3v) is 3.54. The van der Waals surface area contributed by atoms with Gasteiger partial charge in [-0.05, 0) is 24.1 Å². The molecule has 0 saturated carbocycles. The lowest BCUT2D eigenvalue weighted by molar-refractivity contribution is -0.115. The number of thiocarbonyl (C=S) groups is 1. The third kappa shape index (κ3) is 3.05. The van der Waals surface area contributed by atoms with Gasteiger partial charge in [0.15, 0.2) is 0 Å². The Hall–Kier alpha value is -1.39. The average Bonchev–Trinajstić information content (AvgIpc) is 2.66. The first-order chi connectivity index (χ1) is 8.16. The SMILES string of the molecule is CC(=CC=C1SC(=S)NC1=O)c1ccccc1. The van der Waals surface area contributed by atoms with E-state index in [1.165, 1.54) is 11.8 Å². The number of carbonyl (C=O) groups is 1. The zero-order valence-corrected chi connectivity index (χ0v) is 10.9. The molecule has 0 spiro atoms. The highest BCUT2D eigenvalue weighted by Gasteiger charge is 2.21. The fraction of sp³-hybridized carbons (Fsp3) is 0.0769. The Balaban J connectivity index is 2.19. The van der Waals surface area contributed by atoms with E-state index in [1.807, 2.05) is 49.4 Å². The topological polar surface area (TPSA) is 29.1 Å². The van der Waals surface area contributed by atoms with Crippen molar-refractivity contribution >= 4 is 39.8 Å². The van der Waals surface area contributed by atoms with Crippen molar-refractivity contribution in [2.24, 2.45) is 0 Å². The van der Waals surface area contributed by atoms with Crippen molar-refractivity contribution in [3.63, 3.8) is 0 Å².